The maximum atomic E-state index is 12.0. The van der Waals surface area contributed by atoms with Crippen LogP contribution in [0.1, 0.15) is 39.2 Å². The Morgan fingerprint density at radius 2 is 2.04 bits per heavy atom. The fraction of sp³-hybridized carbons (Fsp3) is 0.529. The van der Waals surface area contributed by atoms with Crippen LogP contribution >= 0.6 is 0 Å². The fourth-order valence-corrected chi connectivity index (χ4v) is 3.97. The predicted octanol–water partition coefficient (Wildman–Crippen LogP) is 3.17. The second-order valence-electron chi connectivity index (χ2n) is 6.49. The molecule has 5 nitrogen and oxygen atoms in total. The summed E-state index contributed by atoms with van der Waals surface area (Å²) in [6, 6.07) is 5.86. The van der Waals surface area contributed by atoms with E-state index in [4.69, 9.17) is 4.74 Å². The van der Waals surface area contributed by atoms with Crippen LogP contribution in [0.4, 0.5) is 0 Å². The Labute approximate surface area is 138 Å². The number of rotatable bonds is 8. The Hall–Kier alpha value is -1.53. The number of H-pyrrole nitrogens is 1. The third-order valence-corrected chi connectivity index (χ3v) is 5.53. The summed E-state index contributed by atoms with van der Waals surface area (Å²) < 4.78 is 32.1. The molecule has 1 heterocycles. The molecule has 23 heavy (non-hydrogen) atoms. The van der Waals surface area contributed by atoms with Crippen molar-refractivity contribution >= 4 is 20.9 Å². The van der Waals surface area contributed by atoms with Crippen molar-refractivity contribution < 1.29 is 13.2 Å². The lowest BCUT2D eigenvalue weighted by Gasteiger charge is -2.25. The number of nitrogens with one attached hydrogen (secondary N) is 2. The highest BCUT2D eigenvalue weighted by molar-refractivity contribution is 7.89. The summed E-state index contributed by atoms with van der Waals surface area (Å²) in [5.74, 6) is 0.971. The first kappa shape index (κ1) is 17.8. The molecule has 0 aliphatic rings. The first-order valence-electron chi connectivity index (χ1n) is 7.92. The predicted molar refractivity (Wildman–Crippen MR) is 94.6 cm³/mol. The molecule has 0 amide bonds. The van der Waals surface area contributed by atoms with E-state index in [1.807, 2.05) is 45.2 Å². The summed E-state index contributed by atoms with van der Waals surface area (Å²) in [6.07, 6.45) is 3.50. The van der Waals surface area contributed by atoms with Gasteiger partial charge in [0, 0.05) is 29.1 Å². The SMILES string of the molecule is CCCCS(=O)(=O)NCC(C)(C)c1c[nH]c2ccc(OC)cc12. The van der Waals surface area contributed by atoms with Gasteiger partial charge in [0.1, 0.15) is 5.75 Å². The number of fused-ring (bicyclic) bond motifs is 1. The molecule has 0 atom stereocenters. The molecule has 1 aromatic heterocycles. The minimum Gasteiger partial charge on any atom is -0.497 e. The summed E-state index contributed by atoms with van der Waals surface area (Å²) in [4.78, 5) is 3.24. The second-order valence-corrected chi connectivity index (χ2v) is 8.42. The number of hydrogen-bond acceptors (Lipinski definition) is 3. The number of sulfonamides is 1. The van der Waals surface area contributed by atoms with Crippen LogP contribution in [0.25, 0.3) is 10.9 Å². The Morgan fingerprint density at radius 3 is 2.70 bits per heavy atom. The van der Waals surface area contributed by atoms with E-state index in [0.717, 1.165) is 28.6 Å². The second kappa shape index (κ2) is 6.93. The highest BCUT2D eigenvalue weighted by atomic mass is 32.2. The third-order valence-electron chi connectivity index (χ3n) is 4.12. The van der Waals surface area contributed by atoms with Crippen LogP contribution in [-0.4, -0.2) is 32.8 Å². The zero-order chi connectivity index (χ0) is 17.1. The number of unbranched alkanes of at least 4 members (excludes halogenated alkanes) is 1. The minimum absolute atomic E-state index is 0.182. The molecule has 0 unspecified atom stereocenters. The van der Waals surface area contributed by atoms with Crippen LogP contribution in [0.5, 0.6) is 5.75 Å². The van der Waals surface area contributed by atoms with E-state index in [-0.39, 0.29) is 11.2 Å². The number of aromatic nitrogens is 1. The van der Waals surface area contributed by atoms with Gasteiger partial charge >= 0.3 is 0 Å². The lowest BCUT2D eigenvalue weighted by Crippen LogP contribution is -2.37. The van der Waals surface area contributed by atoms with Crippen molar-refractivity contribution in [1.82, 2.24) is 9.71 Å². The van der Waals surface area contributed by atoms with Crippen LogP contribution in [0, 0.1) is 0 Å². The summed E-state index contributed by atoms with van der Waals surface area (Å²) in [7, 11) is -1.58. The van der Waals surface area contributed by atoms with E-state index in [1.54, 1.807) is 7.11 Å². The maximum Gasteiger partial charge on any atom is 0.211 e. The summed E-state index contributed by atoms with van der Waals surface area (Å²) >= 11 is 0. The van der Waals surface area contributed by atoms with Crippen molar-refractivity contribution in [2.45, 2.75) is 39.0 Å². The number of aromatic amines is 1. The Bertz CT molecular complexity index is 763. The molecule has 1 aromatic carbocycles. The lowest BCUT2D eigenvalue weighted by molar-refractivity contribution is 0.415. The molecule has 0 spiro atoms. The van der Waals surface area contributed by atoms with Gasteiger partial charge in [-0.25, -0.2) is 13.1 Å². The van der Waals surface area contributed by atoms with Crippen LogP contribution in [0.3, 0.4) is 0 Å². The van der Waals surface area contributed by atoms with Crippen molar-refractivity contribution in [1.29, 1.82) is 0 Å². The summed E-state index contributed by atoms with van der Waals surface area (Å²) in [5.41, 5.74) is 1.76. The average Bonchev–Trinajstić information content (AvgIpc) is 2.95. The van der Waals surface area contributed by atoms with E-state index in [9.17, 15) is 8.42 Å². The lowest BCUT2D eigenvalue weighted by atomic mass is 9.84. The monoisotopic (exact) mass is 338 g/mol. The van der Waals surface area contributed by atoms with Gasteiger partial charge in [0.15, 0.2) is 0 Å². The van der Waals surface area contributed by atoms with Gasteiger partial charge in [-0.05, 0) is 30.2 Å². The molecule has 0 saturated carbocycles. The molecular weight excluding hydrogens is 312 g/mol. The van der Waals surface area contributed by atoms with Crippen molar-refractivity contribution in [2.24, 2.45) is 0 Å². The van der Waals surface area contributed by atoms with Gasteiger partial charge in [0.25, 0.3) is 0 Å². The molecule has 0 fully saturated rings. The van der Waals surface area contributed by atoms with Crippen molar-refractivity contribution in [3.8, 4) is 5.75 Å². The van der Waals surface area contributed by atoms with E-state index in [0.29, 0.717) is 13.0 Å². The van der Waals surface area contributed by atoms with E-state index < -0.39 is 10.0 Å². The van der Waals surface area contributed by atoms with E-state index >= 15 is 0 Å². The Kier molecular flexibility index (Phi) is 5.37. The maximum absolute atomic E-state index is 12.0. The molecular formula is C17H26N2O3S. The first-order chi connectivity index (χ1) is 10.8. The number of ether oxygens (including phenoxy) is 1. The van der Waals surface area contributed by atoms with Crippen molar-refractivity contribution in [3.63, 3.8) is 0 Å². The van der Waals surface area contributed by atoms with Crippen LogP contribution in [-0.2, 0) is 15.4 Å². The molecule has 128 valence electrons. The molecule has 0 aliphatic carbocycles. The minimum atomic E-state index is -3.22. The average molecular weight is 338 g/mol. The summed E-state index contributed by atoms with van der Waals surface area (Å²) in [6.45, 7) is 6.43. The van der Waals surface area contributed by atoms with E-state index in [2.05, 4.69) is 9.71 Å². The number of hydrogen-bond donors (Lipinski definition) is 2. The highest BCUT2D eigenvalue weighted by Crippen LogP contribution is 2.32. The van der Waals surface area contributed by atoms with Gasteiger partial charge in [-0.1, -0.05) is 27.2 Å². The molecule has 0 aliphatic heterocycles. The smallest absolute Gasteiger partial charge is 0.211 e. The quantitative estimate of drug-likeness (QED) is 0.776. The molecule has 0 saturated heterocycles. The largest absolute Gasteiger partial charge is 0.497 e. The Balaban J connectivity index is 2.22. The standard InChI is InChI=1S/C17H26N2O3S/c1-5-6-9-23(20,21)19-12-17(2,3)15-11-18-16-8-7-13(22-4)10-14(15)16/h7-8,10-11,18-19H,5-6,9,12H2,1-4H3. The molecule has 0 radical (unpaired) electrons. The third kappa shape index (κ3) is 4.26. The fourth-order valence-electron chi connectivity index (χ4n) is 2.58. The Morgan fingerprint density at radius 1 is 1.30 bits per heavy atom. The normalized spacial score (nSPS) is 12.7. The van der Waals surface area contributed by atoms with Crippen molar-refractivity contribution in [2.75, 3.05) is 19.4 Å². The summed E-state index contributed by atoms with van der Waals surface area (Å²) in [5, 5.41) is 1.06. The zero-order valence-electron chi connectivity index (χ0n) is 14.3. The van der Waals surface area contributed by atoms with Gasteiger partial charge in [0.05, 0.1) is 12.9 Å². The van der Waals surface area contributed by atoms with Gasteiger partial charge in [0.2, 0.25) is 10.0 Å². The molecule has 2 N–H and O–H groups in total. The van der Waals surface area contributed by atoms with Gasteiger partial charge in [-0.3, -0.25) is 0 Å². The van der Waals surface area contributed by atoms with Gasteiger partial charge in [-0.15, -0.1) is 0 Å². The molecule has 0 bridgehead atoms. The first-order valence-corrected chi connectivity index (χ1v) is 9.57. The topological polar surface area (TPSA) is 71.2 Å². The van der Waals surface area contributed by atoms with Crippen LogP contribution in [0.2, 0.25) is 0 Å². The molecule has 2 rings (SSSR count). The van der Waals surface area contributed by atoms with Gasteiger partial charge < -0.3 is 9.72 Å². The van der Waals surface area contributed by atoms with Gasteiger partial charge in [-0.2, -0.15) is 0 Å². The highest BCUT2D eigenvalue weighted by Gasteiger charge is 2.26. The van der Waals surface area contributed by atoms with Crippen LogP contribution < -0.4 is 9.46 Å². The zero-order valence-corrected chi connectivity index (χ0v) is 15.1. The van der Waals surface area contributed by atoms with E-state index in [1.165, 1.54) is 0 Å². The number of benzene rings is 1. The van der Waals surface area contributed by atoms with Crippen molar-refractivity contribution in [3.05, 3.63) is 30.0 Å². The number of methoxy groups -OCH3 is 1. The molecule has 6 heteroatoms. The van der Waals surface area contributed by atoms with Crippen LogP contribution in [0.15, 0.2) is 24.4 Å². The molecule has 2 aromatic rings.